The molecule has 2 rings (SSSR count). The lowest BCUT2D eigenvalue weighted by molar-refractivity contribution is 0.318. The highest BCUT2D eigenvalue weighted by molar-refractivity contribution is 7.99. The highest BCUT2D eigenvalue weighted by Gasteiger charge is 2.10. The Bertz CT molecular complexity index is 570. The van der Waals surface area contributed by atoms with Gasteiger partial charge in [0.1, 0.15) is 0 Å². The summed E-state index contributed by atoms with van der Waals surface area (Å²) in [7, 11) is 0. The van der Waals surface area contributed by atoms with E-state index in [1.807, 2.05) is 37.3 Å². The summed E-state index contributed by atoms with van der Waals surface area (Å²) in [5.74, 6) is 0.121. The Labute approximate surface area is 110 Å². The van der Waals surface area contributed by atoms with Gasteiger partial charge >= 0.3 is 0 Å². The van der Waals surface area contributed by atoms with Crippen molar-refractivity contribution < 1.29 is 5.21 Å². The SMILES string of the molecule is Cc1cccc(/C(N)=N/O)c1Sc1ccncc1. The summed E-state index contributed by atoms with van der Waals surface area (Å²) in [6.45, 7) is 2.00. The van der Waals surface area contributed by atoms with Crippen LogP contribution in [0.4, 0.5) is 0 Å². The summed E-state index contributed by atoms with van der Waals surface area (Å²) < 4.78 is 0. The van der Waals surface area contributed by atoms with E-state index in [-0.39, 0.29) is 5.84 Å². The minimum Gasteiger partial charge on any atom is -0.409 e. The highest BCUT2D eigenvalue weighted by atomic mass is 32.2. The van der Waals surface area contributed by atoms with Gasteiger partial charge in [0.25, 0.3) is 0 Å². The fourth-order valence-electron chi connectivity index (χ4n) is 1.57. The van der Waals surface area contributed by atoms with E-state index in [2.05, 4.69) is 10.1 Å². The first-order valence-corrected chi connectivity index (χ1v) is 6.19. The predicted molar refractivity (Wildman–Crippen MR) is 72.0 cm³/mol. The van der Waals surface area contributed by atoms with Gasteiger partial charge in [0.05, 0.1) is 0 Å². The van der Waals surface area contributed by atoms with Gasteiger partial charge in [-0.1, -0.05) is 29.1 Å². The standard InChI is InChI=1S/C13H13N3OS/c1-9-3-2-4-11(13(14)16-17)12(9)18-10-5-7-15-8-6-10/h2-8,17H,1H3,(H2,14,16). The maximum absolute atomic E-state index is 8.81. The molecule has 1 aromatic carbocycles. The second-order valence-electron chi connectivity index (χ2n) is 3.72. The number of hydrogen-bond donors (Lipinski definition) is 2. The molecule has 92 valence electrons. The van der Waals surface area contributed by atoms with Crippen molar-refractivity contribution in [1.82, 2.24) is 4.98 Å². The summed E-state index contributed by atoms with van der Waals surface area (Å²) in [4.78, 5) is 6.03. The summed E-state index contributed by atoms with van der Waals surface area (Å²) in [6, 6.07) is 9.57. The third kappa shape index (κ3) is 2.62. The summed E-state index contributed by atoms with van der Waals surface area (Å²) in [6.07, 6.45) is 3.48. The lowest BCUT2D eigenvalue weighted by atomic mass is 10.1. The highest BCUT2D eigenvalue weighted by Crippen LogP contribution is 2.32. The van der Waals surface area contributed by atoms with Gasteiger partial charge in [0.15, 0.2) is 5.84 Å². The van der Waals surface area contributed by atoms with Crippen LogP contribution in [-0.2, 0) is 0 Å². The van der Waals surface area contributed by atoms with Crippen LogP contribution in [0.3, 0.4) is 0 Å². The van der Waals surface area contributed by atoms with Crippen molar-refractivity contribution in [1.29, 1.82) is 0 Å². The summed E-state index contributed by atoms with van der Waals surface area (Å²) >= 11 is 1.57. The summed E-state index contributed by atoms with van der Waals surface area (Å²) in [5, 5.41) is 11.9. The first-order chi connectivity index (χ1) is 8.72. The van der Waals surface area contributed by atoms with E-state index >= 15 is 0 Å². The van der Waals surface area contributed by atoms with Gasteiger partial charge in [-0.2, -0.15) is 0 Å². The fourth-order valence-corrected chi connectivity index (χ4v) is 2.57. The number of aryl methyl sites for hydroxylation is 1. The Morgan fingerprint density at radius 2 is 2.00 bits per heavy atom. The molecule has 0 bridgehead atoms. The van der Waals surface area contributed by atoms with Crippen molar-refractivity contribution >= 4 is 17.6 Å². The van der Waals surface area contributed by atoms with Crippen LogP contribution in [0.2, 0.25) is 0 Å². The smallest absolute Gasteiger partial charge is 0.171 e. The number of nitrogens with zero attached hydrogens (tertiary/aromatic N) is 2. The van der Waals surface area contributed by atoms with Gasteiger partial charge in [-0.05, 0) is 30.7 Å². The number of amidine groups is 1. The first-order valence-electron chi connectivity index (χ1n) is 5.37. The number of rotatable bonds is 3. The van der Waals surface area contributed by atoms with Crippen LogP contribution in [-0.4, -0.2) is 16.0 Å². The largest absolute Gasteiger partial charge is 0.409 e. The van der Waals surface area contributed by atoms with Crippen LogP contribution in [0.25, 0.3) is 0 Å². The van der Waals surface area contributed by atoms with Crippen LogP contribution in [0, 0.1) is 6.92 Å². The zero-order valence-corrected chi connectivity index (χ0v) is 10.7. The molecular formula is C13H13N3OS. The summed E-state index contributed by atoms with van der Waals surface area (Å²) in [5.41, 5.74) is 7.51. The van der Waals surface area contributed by atoms with Crippen LogP contribution >= 0.6 is 11.8 Å². The number of pyridine rings is 1. The van der Waals surface area contributed by atoms with E-state index in [4.69, 9.17) is 10.9 Å². The van der Waals surface area contributed by atoms with Crippen molar-refractivity contribution in [3.63, 3.8) is 0 Å². The molecule has 0 aliphatic heterocycles. The second kappa shape index (κ2) is 5.55. The van der Waals surface area contributed by atoms with Gasteiger partial charge in [-0.15, -0.1) is 0 Å². The van der Waals surface area contributed by atoms with Crippen LogP contribution in [0.1, 0.15) is 11.1 Å². The molecule has 0 atom stereocenters. The van der Waals surface area contributed by atoms with E-state index in [9.17, 15) is 0 Å². The number of benzene rings is 1. The van der Waals surface area contributed by atoms with Crippen LogP contribution in [0.15, 0.2) is 57.7 Å². The van der Waals surface area contributed by atoms with Gasteiger partial charge in [0, 0.05) is 27.7 Å². The van der Waals surface area contributed by atoms with Crippen molar-refractivity contribution in [2.24, 2.45) is 10.9 Å². The molecule has 2 aromatic rings. The Balaban J connectivity index is 2.44. The molecule has 1 aromatic heterocycles. The predicted octanol–water partition coefficient (Wildman–Crippen LogP) is 2.64. The molecule has 5 heteroatoms. The Morgan fingerprint density at radius 3 is 2.67 bits per heavy atom. The van der Waals surface area contributed by atoms with Crippen molar-refractivity contribution in [3.05, 3.63) is 53.9 Å². The third-order valence-corrected chi connectivity index (χ3v) is 3.72. The zero-order chi connectivity index (χ0) is 13.0. The Morgan fingerprint density at radius 1 is 1.28 bits per heavy atom. The quantitative estimate of drug-likeness (QED) is 0.385. The number of hydrogen-bond acceptors (Lipinski definition) is 4. The van der Waals surface area contributed by atoms with E-state index in [0.717, 1.165) is 20.9 Å². The number of nitrogens with two attached hydrogens (primary N) is 1. The van der Waals surface area contributed by atoms with E-state index < -0.39 is 0 Å². The van der Waals surface area contributed by atoms with Gasteiger partial charge < -0.3 is 10.9 Å². The minimum atomic E-state index is 0.121. The zero-order valence-electron chi connectivity index (χ0n) is 9.87. The molecule has 18 heavy (non-hydrogen) atoms. The molecule has 0 unspecified atom stereocenters. The molecule has 0 spiro atoms. The third-order valence-electron chi connectivity index (χ3n) is 2.47. The number of aromatic nitrogens is 1. The van der Waals surface area contributed by atoms with Gasteiger partial charge in [0.2, 0.25) is 0 Å². The molecule has 0 amide bonds. The fraction of sp³-hybridized carbons (Fsp3) is 0.0769. The first kappa shape index (κ1) is 12.4. The molecule has 0 fully saturated rings. The molecule has 0 radical (unpaired) electrons. The average molecular weight is 259 g/mol. The monoisotopic (exact) mass is 259 g/mol. The Hall–Kier alpha value is -2.01. The van der Waals surface area contributed by atoms with E-state index in [1.54, 1.807) is 24.2 Å². The van der Waals surface area contributed by atoms with E-state index in [1.165, 1.54) is 0 Å². The molecule has 0 aliphatic rings. The molecular weight excluding hydrogens is 246 g/mol. The Kier molecular flexibility index (Phi) is 3.84. The van der Waals surface area contributed by atoms with Crippen molar-refractivity contribution in [2.45, 2.75) is 16.7 Å². The minimum absolute atomic E-state index is 0.121. The molecule has 0 saturated carbocycles. The normalized spacial score (nSPS) is 11.5. The van der Waals surface area contributed by atoms with E-state index in [0.29, 0.717) is 0 Å². The molecule has 4 nitrogen and oxygen atoms in total. The second-order valence-corrected chi connectivity index (χ2v) is 4.81. The van der Waals surface area contributed by atoms with Crippen molar-refractivity contribution in [2.75, 3.05) is 0 Å². The average Bonchev–Trinajstić information content (AvgIpc) is 2.41. The number of oxime groups is 1. The topological polar surface area (TPSA) is 71.5 Å². The molecule has 0 saturated heterocycles. The lowest BCUT2D eigenvalue weighted by Gasteiger charge is -2.10. The van der Waals surface area contributed by atoms with Crippen molar-refractivity contribution in [3.8, 4) is 0 Å². The van der Waals surface area contributed by atoms with Gasteiger partial charge in [-0.25, -0.2) is 0 Å². The maximum atomic E-state index is 8.81. The molecule has 0 aliphatic carbocycles. The van der Waals surface area contributed by atoms with Gasteiger partial charge in [-0.3, -0.25) is 4.98 Å². The van der Waals surface area contributed by atoms with Crippen LogP contribution < -0.4 is 5.73 Å². The molecule has 3 N–H and O–H groups in total. The molecule has 1 heterocycles. The maximum Gasteiger partial charge on any atom is 0.171 e. The van der Waals surface area contributed by atoms with Crippen LogP contribution in [0.5, 0.6) is 0 Å². The lowest BCUT2D eigenvalue weighted by Crippen LogP contribution is -2.14.